The van der Waals surface area contributed by atoms with Gasteiger partial charge in [-0.15, -0.1) is 0 Å². The minimum Gasteiger partial charge on any atom is -0.467 e. The molecule has 1 aromatic carbocycles. The van der Waals surface area contributed by atoms with Crippen LogP contribution in [0, 0.1) is 5.92 Å². The molecule has 0 amide bonds. The summed E-state index contributed by atoms with van der Waals surface area (Å²) in [5, 5.41) is 0. The predicted molar refractivity (Wildman–Crippen MR) is 81.1 cm³/mol. The molecule has 3 heteroatoms. The average Bonchev–Trinajstić information content (AvgIpc) is 3.15. The summed E-state index contributed by atoms with van der Waals surface area (Å²) in [4.78, 5) is 12.4. The number of epoxide rings is 1. The largest absolute Gasteiger partial charge is 0.467 e. The first-order valence-electron chi connectivity index (χ1n) is 7.70. The van der Waals surface area contributed by atoms with Crippen LogP contribution in [0.5, 0.6) is 0 Å². The fraction of sp³-hybridized carbons (Fsp3) is 0.611. The van der Waals surface area contributed by atoms with Gasteiger partial charge in [0.1, 0.15) is 5.60 Å². The first kappa shape index (κ1) is 14.6. The molecule has 2 atom stereocenters. The van der Waals surface area contributed by atoms with E-state index < -0.39 is 11.2 Å². The van der Waals surface area contributed by atoms with Crippen molar-refractivity contribution in [3.05, 3.63) is 35.4 Å². The average molecular weight is 288 g/mol. The quantitative estimate of drug-likeness (QED) is 0.617. The van der Waals surface area contributed by atoms with Gasteiger partial charge in [-0.05, 0) is 35.3 Å². The van der Waals surface area contributed by atoms with Gasteiger partial charge >= 0.3 is 5.97 Å². The summed E-state index contributed by atoms with van der Waals surface area (Å²) in [6.45, 7) is 8.59. The second-order valence-electron chi connectivity index (χ2n) is 7.24. The molecule has 2 unspecified atom stereocenters. The molecule has 0 radical (unpaired) electrons. The Morgan fingerprint density at radius 2 is 1.81 bits per heavy atom. The molecule has 2 aliphatic rings. The number of carbonyl (C=O) groups excluding carboxylic acids is 1. The predicted octanol–water partition coefficient (Wildman–Crippen LogP) is 3.55. The van der Waals surface area contributed by atoms with Crippen LogP contribution in [-0.2, 0) is 25.3 Å². The highest BCUT2D eigenvalue weighted by atomic mass is 16.7. The topological polar surface area (TPSA) is 38.8 Å². The lowest BCUT2D eigenvalue weighted by Crippen LogP contribution is -2.42. The van der Waals surface area contributed by atoms with E-state index in [1.54, 1.807) is 0 Å². The lowest BCUT2D eigenvalue weighted by molar-refractivity contribution is -0.148. The lowest BCUT2D eigenvalue weighted by Gasteiger charge is -2.37. The number of methoxy groups -OCH3 is 1. The van der Waals surface area contributed by atoms with Crippen molar-refractivity contribution in [3.63, 3.8) is 0 Å². The molecule has 1 aliphatic carbocycles. The van der Waals surface area contributed by atoms with Gasteiger partial charge in [0.25, 0.3) is 0 Å². The summed E-state index contributed by atoms with van der Waals surface area (Å²) in [6.07, 6.45) is 1.87. The number of hydrogen-bond acceptors (Lipinski definition) is 3. The van der Waals surface area contributed by atoms with Crippen molar-refractivity contribution in [2.75, 3.05) is 7.11 Å². The molecule has 1 saturated heterocycles. The Kier molecular flexibility index (Phi) is 3.00. The Morgan fingerprint density at radius 1 is 1.19 bits per heavy atom. The van der Waals surface area contributed by atoms with Gasteiger partial charge in [0.05, 0.1) is 7.11 Å². The van der Waals surface area contributed by atoms with Gasteiger partial charge in [-0.1, -0.05) is 52.0 Å². The molecule has 0 bridgehead atoms. The maximum atomic E-state index is 12.4. The minimum atomic E-state index is -0.825. The normalized spacial score (nSPS) is 32.9. The van der Waals surface area contributed by atoms with Gasteiger partial charge in [0.15, 0.2) is 0 Å². The SMILES string of the molecule is COC(=O)C1(C(C)C)OC12CCC(C)(C)c1ccccc12. The van der Waals surface area contributed by atoms with Crippen molar-refractivity contribution >= 4 is 5.97 Å². The zero-order valence-electron chi connectivity index (χ0n) is 13.5. The van der Waals surface area contributed by atoms with E-state index in [0.717, 1.165) is 12.8 Å². The summed E-state index contributed by atoms with van der Waals surface area (Å²) in [5.41, 5.74) is 1.25. The van der Waals surface area contributed by atoms with Gasteiger partial charge in [0, 0.05) is 0 Å². The molecule has 0 saturated carbocycles. The minimum absolute atomic E-state index is 0.0826. The Balaban J connectivity index is 2.16. The Morgan fingerprint density at radius 3 is 2.38 bits per heavy atom. The van der Waals surface area contributed by atoms with Crippen molar-refractivity contribution < 1.29 is 14.3 Å². The van der Waals surface area contributed by atoms with E-state index in [2.05, 4.69) is 32.0 Å². The van der Waals surface area contributed by atoms with Crippen molar-refractivity contribution in [2.45, 2.75) is 57.2 Å². The number of benzene rings is 1. The molecule has 1 heterocycles. The standard InChI is InChI=1S/C18H24O3/c1-12(2)18(15(19)20-5)17(21-18)11-10-16(3,4)13-8-6-7-9-14(13)17/h6-9,12H,10-11H2,1-5H3. The van der Waals surface area contributed by atoms with Crippen LogP contribution >= 0.6 is 0 Å². The van der Waals surface area contributed by atoms with Crippen LogP contribution in [0.3, 0.4) is 0 Å². The van der Waals surface area contributed by atoms with E-state index in [0.29, 0.717) is 0 Å². The number of esters is 1. The highest BCUT2D eigenvalue weighted by molar-refractivity contribution is 5.86. The number of fused-ring (bicyclic) bond motifs is 2. The second kappa shape index (κ2) is 4.33. The Hall–Kier alpha value is -1.35. The Labute approximate surface area is 126 Å². The third-order valence-electron chi connectivity index (χ3n) is 5.39. The zero-order valence-corrected chi connectivity index (χ0v) is 13.5. The van der Waals surface area contributed by atoms with Crippen LogP contribution < -0.4 is 0 Å². The molecule has 1 spiro atoms. The third kappa shape index (κ3) is 1.67. The van der Waals surface area contributed by atoms with Crippen LogP contribution in [0.15, 0.2) is 24.3 Å². The summed E-state index contributed by atoms with van der Waals surface area (Å²) < 4.78 is 11.3. The number of rotatable bonds is 2. The fourth-order valence-corrected chi connectivity index (χ4v) is 4.10. The van der Waals surface area contributed by atoms with E-state index in [-0.39, 0.29) is 17.3 Å². The van der Waals surface area contributed by atoms with Gasteiger partial charge in [0.2, 0.25) is 5.60 Å². The van der Waals surface area contributed by atoms with Gasteiger partial charge in [-0.25, -0.2) is 4.79 Å². The maximum Gasteiger partial charge on any atom is 0.341 e. The van der Waals surface area contributed by atoms with Crippen molar-refractivity contribution in [3.8, 4) is 0 Å². The molecule has 1 fully saturated rings. The fourth-order valence-electron chi connectivity index (χ4n) is 4.10. The first-order valence-corrected chi connectivity index (χ1v) is 7.70. The second-order valence-corrected chi connectivity index (χ2v) is 7.24. The molecule has 0 aromatic heterocycles. The smallest absolute Gasteiger partial charge is 0.341 e. The van der Waals surface area contributed by atoms with Gasteiger partial charge < -0.3 is 9.47 Å². The van der Waals surface area contributed by atoms with E-state index >= 15 is 0 Å². The molecule has 3 nitrogen and oxygen atoms in total. The summed E-state index contributed by atoms with van der Waals surface area (Å²) in [6, 6.07) is 8.38. The summed E-state index contributed by atoms with van der Waals surface area (Å²) >= 11 is 0. The summed E-state index contributed by atoms with van der Waals surface area (Å²) in [7, 11) is 1.44. The zero-order chi connectivity index (χ0) is 15.5. The van der Waals surface area contributed by atoms with Crippen molar-refractivity contribution in [1.82, 2.24) is 0 Å². The highest BCUT2D eigenvalue weighted by Crippen LogP contribution is 2.66. The van der Waals surface area contributed by atoms with Crippen LogP contribution in [0.2, 0.25) is 0 Å². The molecule has 114 valence electrons. The molecule has 3 rings (SSSR count). The highest BCUT2D eigenvalue weighted by Gasteiger charge is 2.78. The van der Waals surface area contributed by atoms with E-state index in [1.807, 2.05) is 19.9 Å². The molecular weight excluding hydrogens is 264 g/mol. The Bertz CT molecular complexity index is 590. The summed E-state index contributed by atoms with van der Waals surface area (Å²) in [5.74, 6) is -0.161. The monoisotopic (exact) mass is 288 g/mol. The molecule has 21 heavy (non-hydrogen) atoms. The van der Waals surface area contributed by atoms with E-state index in [4.69, 9.17) is 9.47 Å². The third-order valence-corrected chi connectivity index (χ3v) is 5.39. The molecular formula is C18H24O3. The van der Waals surface area contributed by atoms with Crippen molar-refractivity contribution in [1.29, 1.82) is 0 Å². The molecule has 1 aliphatic heterocycles. The van der Waals surface area contributed by atoms with Crippen LogP contribution in [0.25, 0.3) is 0 Å². The molecule has 0 N–H and O–H groups in total. The number of ether oxygens (including phenoxy) is 2. The first-order chi connectivity index (χ1) is 9.82. The van der Waals surface area contributed by atoms with E-state index in [9.17, 15) is 4.79 Å². The lowest BCUT2D eigenvalue weighted by atomic mass is 9.64. The number of hydrogen-bond donors (Lipinski definition) is 0. The van der Waals surface area contributed by atoms with Crippen LogP contribution in [0.4, 0.5) is 0 Å². The van der Waals surface area contributed by atoms with E-state index in [1.165, 1.54) is 18.2 Å². The van der Waals surface area contributed by atoms with Gasteiger partial charge in [-0.2, -0.15) is 0 Å². The van der Waals surface area contributed by atoms with Crippen LogP contribution in [-0.4, -0.2) is 18.7 Å². The van der Waals surface area contributed by atoms with Crippen molar-refractivity contribution in [2.24, 2.45) is 5.92 Å². The maximum absolute atomic E-state index is 12.4. The number of carbonyl (C=O) groups is 1. The van der Waals surface area contributed by atoms with Crippen LogP contribution in [0.1, 0.15) is 51.7 Å². The van der Waals surface area contributed by atoms with Gasteiger partial charge in [-0.3, -0.25) is 0 Å². The molecule has 1 aromatic rings.